The molecule has 0 amide bonds. The Balaban J connectivity index is 1.83. The molecule has 3 heteroatoms. The SMILES string of the molecule is CCc1ccc(C(=O)CN(C)CCc2ccccn2)cc1. The van der Waals surface area contributed by atoms with E-state index >= 15 is 0 Å². The van der Waals surface area contributed by atoms with Crippen molar-refractivity contribution in [2.75, 3.05) is 20.1 Å². The Morgan fingerprint density at radius 1 is 1.14 bits per heavy atom. The Hall–Kier alpha value is -2.00. The third kappa shape index (κ3) is 4.80. The minimum Gasteiger partial charge on any atom is -0.299 e. The smallest absolute Gasteiger partial charge is 0.176 e. The number of benzene rings is 1. The third-order valence-corrected chi connectivity index (χ3v) is 3.57. The van der Waals surface area contributed by atoms with E-state index in [9.17, 15) is 4.79 Å². The van der Waals surface area contributed by atoms with Crippen molar-refractivity contribution in [1.82, 2.24) is 9.88 Å². The summed E-state index contributed by atoms with van der Waals surface area (Å²) < 4.78 is 0. The molecule has 21 heavy (non-hydrogen) atoms. The average Bonchev–Trinajstić information content (AvgIpc) is 2.54. The van der Waals surface area contributed by atoms with Crippen LogP contribution in [-0.2, 0) is 12.8 Å². The molecule has 110 valence electrons. The Morgan fingerprint density at radius 3 is 2.52 bits per heavy atom. The van der Waals surface area contributed by atoms with Crippen molar-refractivity contribution in [3.63, 3.8) is 0 Å². The molecule has 1 heterocycles. The van der Waals surface area contributed by atoms with Gasteiger partial charge in [0.1, 0.15) is 0 Å². The maximum absolute atomic E-state index is 12.2. The maximum Gasteiger partial charge on any atom is 0.176 e. The second-order valence-corrected chi connectivity index (χ2v) is 5.28. The van der Waals surface area contributed by atoms with E-state index in [2.05, 4.69) is 11.9 Å². The number of aryl methyl sites for hydroxylation is 1. The molecule has 0 aliphatic carbocycles. The number of hydrogen-bond acceptors (Lipinski definition) is 3. The maximum atomic E-state index is 12.2. The second-order valence-electron chi connectivity index (χ2n) is 5.28. The van der Waals surface area contributed by atoms with Crippen LogP contribution in [0.25, 0.3) is 0 Å². The fourth-order valence-electron chi connectivity index (χ4n) is 2.19. The molecule has 0 saturated carbocycles. The lowest BCUT2D eigenvalue weighted by Crippen LogP contribution is -2.28. The van der Waals surface area contributed by atoms with Crippen molar-refractivity contribution in [1.29, 1.82) is 0 Å². The number of ketones is 1. The van der Waals surface area contributed by atoms with Gasteiger partial charge in [0.25, 0.3) is 0 Å². The number of nitrogens with zero attached hydrogens (tertiary/aromatic N) is 2. The number of hydrogen-bond donors (Lipinski definition) is 0. The van der Waals surface area contributed by atoms with Crippen LogP contribution in [0.15, 0.2) is 48.7 Å². The van der Waals surface area contributed by atoms with Crippen molar-refractivity contribution in [2.45, 2.75) is 19.8 Å². The van der Waals surface area contributed by atoms with Gasteiger partial charge in [0.2, 0.25) is 0 Å². The quantitative estimate of drug-likeness (QED) is 0.732. The van der Waals surface area contributed by atoms with Crippen molar-refractivity contribution in [3.05, 3.63) is 65.5 Å². The lowest BCUT2D eigenvalue weighted by atomic mass is 10.1. The highest BCUT2D eigenvalue weighted by Gasteiger charge is 2.09. The molecular weight excluding hydrogens is 260 g/mol. The monoisotopic (exact) mass is 282 g/mol. The van der Waals surface area contributed by atoms with Crippen molar-refractivity contribution in [2.24, 2.45) is 0 Å². The average molecular weight is 282 g/mol. The first-order valence-corrected chi connectivity index (χ1v) is 7.39. The molecule has 0 fully saturated rings. The molecule has 1 aromatic heterocycles. The summed E-state index contributed by atoms with van der Waals surface area (Å²) in [5, 5.41) is 0. The van der Waals surface area contributed by atoms with Crippen LogP contribution in [0, 0.1) is 0 Å². The van der Waals surface area contributed by atoms with Gasteiger partial charge in [-0.1, -0.05) is 37.3 Å². The summed E-state index contributed by atoms with van der Waals surface area (Å²) in [5.74, 6) is 0.168. The standard InChI is InChI=1S/C18H22N2O/c1-3-15-7-9-16(10-8-15)18(21)14-20(2)13-11-17-6-4-5-12-19-17/h4-10,12H,3,11,13-14H2,1-2H3. The van der Waals surface area contributed by atoms with E-state index < -0.39 is 0 Å². The minimum atomic E-state index is 0.168. The molecule has 0 radical (unpaired) electrons. The van der Waals surface area contributed by atoms with E-state index in [1.807, 2.05) is 54.4 Å². The fraction of sp³-hybridized carbons (Fsp3) is 0.333. The van der Waals surface area contributed by atoms with Crippen molar-refractivity contribution >= 4 is 5.78 Å². The zero-order chi connectivity index (χ0) is 15.1. The minimum absolute atomic E-state index is 0.168. The van der Waals surface area contributed by atoms with E-state index in [-0.39, 0.29) is 5.78 Å². The van der Waals surface area contributed by atoms with Gasteiger partial charge in [0, 0.05) is 30.4 Å². The van der Waals surface area contributed by atoms with Crippen LogP contribution in [0.4, 0.5) is 0 Å². The van der Waals surface area contributed by atoms with Gasteiger partial charge in [-0.2, -0.15) is 0 Å². The zero-order valence-corrected chi connectivity index (χ0v) is 12.7. The van der Waals surface area contributed by atoms with E-state index in [1.165, 1.54) is 5.56 Å². The summed E-state index contributed by atoms with van der Waals surface area (Å²) in [7, 11) is 1.97. The van der Waals surface area contributed by atoms with Crippen LogP contribution in [0.1, 0.15) is 28.5 Å². The molecule has 0 saturated heterocycles. The van der Waals surface area contributed by atoms with Crippen LogP contribution < -0.4 is 0 Å². The highest BCUT2D eigenvalue weighted by molar-refractivity contribution is 5.97. The van der Waals surface area contributed by atoms with Gasteiger partial charge in [-0.15, -0.1) is 0 Å². The van der Waals surface area contributed by atoms with Crippen molar-refractivity contribution < 1.29 is 4.79 Å². The van der Waals surface area contributed by atoms with Gasteiger partial charge >= 0.3 is 0 Å². The number of carbonyl (C=O) groups is 1. The first kappa shape index (κ1) is 15.4. The van der Waals surface area contributed by atoms with Gasteiger partial charge < -0.3 is 0 Å². The van der Waals surface area contributed by atoms with Crippen LogP contribution in [0.3, 0.4) is 0 Å². The Labute approximate surface area is 126 Å². The molecule has 0 bridgehead atoms. The summed E-state index contributed by atoms with van der Waals surface area (Å²) in [4.78, 5) is 18.6. The molecule has 2 rings (SSSR count). The number of rotatable bonds is 7. The van der Waals surface area contributed by atoms with E-state index in [0.29, 0.717) is 6.54 Å². The lowest BCUT2D eigenvalue weighted by Gasteiger charge is -2.15. The molecular formula is C18H22N2O. The highest BCUT2D eigenvalue weighted by Crippen LogP contribution is 2.07. The summed E-state index contributed by atoms with van der Waals surface area (Å²) in [6.45, 7) is 3.39. The van der Waals surface area contributed by atoms with Crippen LogP contribution in [0.5, 0.6) is 0 Å². The van der Waals surface area contributed by atoms with E-state index in [1.54, 1.807) is 6.20 Å². The summed E-state index contributed by atoms with van der Waals surface area (Å²) in [6, 6.07) is 13.8. The van der Waals surface area contributed by atoms with Gasteiger partial charge in [-0.25, -0.2) is 0 Å². The predicted molar refractivity (Wildman–Crippen MR) is 85.6 cm³/mol. The second kappa shape index (κ2) is 7.70. The molecule has 0 atom stereocenters. The Morgan fingerprint density at radius 2 is 1.90 bits per heavy atom. The van der Waals surface area contributed by atoms with Gasteiger partial charge in [-0.05, 0) is 31.2 Å². The third-order valence-electron chi connectivity index (χ3n) is 3.57. The summed E-state index contributed by atoms with van der Waals surface area (Å²) >= 11 is 0. The van der Waals surface area contributed by atoms with Crippen LogP contribution in [0.2, 0.25) is 0 Å². The van der Waals surface area contributed by atoms with Crippen molar-refractivity contribution in [3.8, 4) is 0 Å². The van der Waals surface area contributed by atoms with E-state index in [0.717, 1.165) is 30.6 Å². The number of pyridine rings is 1. The molecule has 0 aliphatic heterocycles. The highest BCUT2D eigenvalue weighted by atomic mass is 16.1. The van der Waals surface area contributed by atoms with Gasteiger partial charge in [0.05, 0.1) is 6.54 Å². The molecule has 0 N–H and O–H groups in total. The molecule has 3 nitrogen and oxygen atoms in total. The van der Waals surface area contributed by atoms with Gasteiger partial charge in [-0.3, -0.25) is 14.7 Å². The number of Topliss-reactive ketones (excluding diaryl/α,β-unsaturated/α-hetero) is 1. The first-order valence-electron chi connectivity index (χ1n) is 7.39. The molecule has 0 aliphatic rings. The van der Waals surface area contributed by atoms with E-state index in [4.69, 9.17) is 0 Å². The predicted octanol–water partition coefficient (Wildman–Crippen LogP) is 3.00. The van der Waals surface area contributed by atoms with Crippen LogP contribution >= 0.6 is 0 Å². The largest absolute Gasteiger partial charge is 0.299 e. The molecule has 1 aromatic carbocycles. The topological polar surface area (TPSA) is 33.2 Å². The van der Waals surface area contributed by atoms with Crippen LogP contribution in [-0.4, -0.2) is 35.8 Å². The van der Waals surface area contributed by atoms with Gasteiger partial charge in [0.15, 0.2) is 5.78 Å². The Kier molecular flexibility index (Phi) is 5.64. The Bertz CT molecular complexity index is 564. The zero-order valence-electron chi connectivity index (χ0n) is 12.7. The first-order chi connectivity index (χ1) is 10.2. The number of likely N-dealkylation sites (N-methyl/N-ethyl adjacent to an activating group) is 1. The number of aromatic nitrogens is 1. The molecule has 2 aromatic rings. The number of carbonyl (C=O) groups excluding carboxylic acids is 1. The fourth-order valence-corrected chi connectivity index (χ4v) is 2.19. The normalized spacial score (nSPS) is 10.8. The summed E-state index contributed by atoms with van der Waals surface area (Å²) in [6.07, 6.45) is 3.66. The summed E-state index contributed by atoms with van der Waals surface area (Å²) in [5.41, 5.74) is 3.11. The molecule has 0 unspecified atom stereocenters. The lowest BCUT2D eigenvalue weighted by molar-refractivity contribution is 0.0946. The molecule has 0 spiro atoms.